The van der Waals surface area contributed by atoms with Gasteiger partial charge >= 0.3 is 11.9 Å². The number of pyridine rings is 1. The van der Waals surface area contributed by atoms with Gasteiger partial charge < -0.3 is 19.8 Å². The van der Waals surface area contributed by atoms with Crippen LogP contribution in [0.4, 0.5) is 0 Å². The Bertz CT molecular complexity index is 596. The lowest BCUT2D eigenvalue weighted by molar-refractivity contribution is -0.159. The van der Waals surface area contributed by atoms with Gasteiger partial charge in [-0.05, 0) is 31.8 Å². The third-order valence-electron chi connectivity index (χ3n) is 3.06. The Labute approximate surface area is 146 Å². The molecule has 0 spiro atoms. The molecule has 7 heteroatoms. The van der Waals surface area contributed by atoms with Crippen LogP contribution >= 0.6 is 0 Å². The highest BCUT2D eigenvalue weighted by Crippen LogP contribution is 2.23. The molecule has 0 aliphatic rings. The van der Waals surface area contributed by atoms with Crippen molar-refractivity contribution in [2.24, 2.45) is 0 Å². The van der Waals surface area contributed by atoms with E-state index in [-0.39, 0.29) is 6.10 Å². The van der Waals surface area contributed by atoms with Crippen LogP contribution in [0.25, 0.3) is 0 Å². The van der Waals surface area contributed by atoms with Crippen LogP contribution in [0.5, 0.6) is 0 Å². The van der Waals surface area contributed by atoms with Crippen molar-refractivity contribution in [3.8, 4) is 0 Å². The summed E-state index contributed by atoms with van der Waals surface area (Å²) < 4.78 is 6.02. The molecule has 25 heavy (non-hydrogen) atoms. The zero-order valence-electron chi connectivity index (χ0n) is 14.2. The molecule has 2 N–H and O–H groups in total. The Kier molecular flexibility index (Phi) is 8.84. The van der Waals surface area contributed by atoms with Crippen molar-refractivity contribution in [1.82, 2.24) is 9.88 Å². The Balaban J connectivity index is 0.000000450. The summed E-state index contributed by atoms with van der Waals surface area (Å²) in [5.41, 5.74) is 2.09. The summed E-state index contributed by atoms with van der Waals surface area (Å²) >= 11 is 0. The van der Waals surface area contributed by atoms with Gasteiger partial charge in [0.2, 0.25) is 0 Å². The average molecular weight is 346 g/mol. The van der Waals surface area contributed by atoms with Crippen molar-refractivity contribution in [1.29, 1.82) is 0 Å². The van der Waals surface area contributed by atoms with Gasteiger partial charge in [-0.3, -0.25) is 4.98 Å². The zero-order valence-corrected chi connectivity index (χ0v) is 14.2. The van der Waals surface area contributed by atoms with Crippen molar-refractivity contribution in [2.45, 2.75) is 6.10 Å². The number of nitrogens with zero attached hydrogens (tertiary/aromatic N) is 2. The Morgan fingerprint density at radius 2 is 1.64 bits per heavy atom. The first-order chi connectivity index (χ1) is 11.9. The van der Waals surface area contributed by atoms with Crippen LogP contribution in [0.2, 0.25) is 0 Å². The van der Waals surface area contributed by atoms with Crippen LogP contribution in [0.15, 0.2) is 54.7 Å². The monoisotopic (exact) mass is 346 g/mol. The molecule has 1 heterocycles. The molecule has 0 saturated heterocycles. The predicted octanol–water partition coefficient (Wildman–Crippen LogP) is 1.90. The van der Waals surface area contributed by atoms with Gasteiger partial charge in [0.15, 0.2) is 0 Å². The SMILES string of the molecule is CN(C)CCOC(c1ccccc1)c1ccccn1.O=C(O)C(=O)O. The number of carboxylic acid groups (broad SMARTS) is 2. The number of aromatic nitrogens is 1. The number of carbonyl (C=O) groups is 2. The lowest BCUT2D eigenvalue weighted by atomic mass is 10.1. The summed E-state index contributed by atoms with van der Waals surface area (Å²) in [4.78, 5) is 24.7. The largest absolute Gasteiger partial charge is 0.473 e. The number of aliphatic carboxylic acids is 2. The summed E-state index contributed by atoms with van der Waals surface area (Å²) in [6, 6.07) is 16.1. The number of hydrogen-bond donors (Lipinski definition) is 2. The molecule has 7 nitrogen and oxygen atoms in total. The molecule has 0 aliphatic carbocycles. The number of likely N-dealkylation sites (N-methyl/N-ethyl adjacent to an activating group) is 1. The van der Waals surface area contributed by atoms with Crippen LogP contribution in [0.1, 0.15) is 17.4 Å². The van der Waals surface area contributed by atoms with Crippen LogP contribution in [0, 0.1) is 0 Å². The highest BCUT2D eigenvalue weighted by atomic mass is 16.5. The molecule has 1 unspecified atom stereocenters. The maximum absolute atomic E-state index is 9.10. The zero-order chi connectivity index (χ0) is 18.7. The van der Waals surface area contributed by atoms with E-state index in [1.165, 1.54) is 0 Å². The Hall–Kier alpha value is -2.77. The highest BCUT2D eigenvalue weighted by molar-refractivity contribution is 6.27. The van der Waals surface area contributed by atoms with Crippen molar-refractivity contribution < 1.29 is 24.5 Å². The quantitative estimate of drug-likeness (QED) is 0.771. The van der Waals surface area contributed by atoms with Gasteiger partial charge in [-0.1, -0.05) is 36.4 Å². The third kappa shape index (κ3) is 8.05. The highest BCUT2D eigenvalue weighted by Gasteiger charge is 2.15. The second kappa shape index (κ2) is 10.9. The minimum atomic E-state index is -1.82. The van der Waals surface area contributed by atoms with E-state index in [1.54, 1.807) is 6.20 Å². The molecule has 0 amide bonds. The minimum absolute atomic E-state index is 0.0950. The summed E-state index contributed by atoms with van der Waals surface area (Å²) in [6.07, 6.45) is 1.71. The second-order valence-corrected chi connectivity index (χ2v) is 5.33. The topological polar surface area (TPSA) is 100.0 Å². The maximum Gasteiger partial charge on any atom is 0.414 e. The van der Waals surface area contributed by atoms with Crippen molar-refractivity contribution in [2.75, 3.05) is 27.2 Å². The van der Waals surface area contributed by atoms with Gasteiger partial charge in [-0.25, -0.2) is 9.59 Å². The lowest BCUT2D eigenvalue weighted by Crippen LogP contribution is -2.20. The number of carboxylic acids is 2. The van der Waals surface area contributed by atoms with E-state index in [1.807, 2.05) is 50.5 Å². The van der Waals surface area contributed by atoms with Gasteiger partial charge in [-0.15, -0.1) is 0 Å². The molecule has 2 rings (SSSR count). The summed E-state index contributed by atoms with van der Waals surface area (Å²) in [5, 5.41) is 14.8. The van der Waals surface area contributed by atoms with Crippen molar-refractivity contribution >= 4 is 11.9 Å². The van der Waals surface area contributed by atoms with Crippen LogP contribution < -0.4 is 0 Å². The number of ether oxygens (including phenoxy) is 1. The first kappa shape index (κ1) is 20.3. The molecular formula is C18H22N2O5. The Morgan fingerprint density at radius 3 is 2.12 bits per heavy atom. The Morgan fingerprint density at radius 1 is 1.04 bits per heavy atom. The molecule has 1 aromatic carbocycles. The summed E-state index contributed by atoms with van der Waals surface area (Å²) in [5.74, 6) is -3.65. The number of hydrogen-bond acceptors (Lipinski definition) is 5. The minimum Gasteiger partial charge on any atom is -0.473 e. The standard InChI is InChI=1S/C16H20N2O.C2H2O4/c1-18(2)12-13-19-16(14-8-4-3-5-9-14)15-10-6-7-11-17-15;3-1(4)2(5)6/h3-11,16H,12-13H2,1-2H3;(H,3,4)(H,5,6). The van der Waals surface area contributed by atoms with Crippen LogP contribution in [0.3, 0.4) is 0 Å². The molecular weight excluding hydrogens is 324 g/mol. The van der Waals surface area contributed by atoms with Gasteiger partial charge in [0.1, 0.15) is 6.10 Å². The normalized spacial score (nSPS) is 11.3. The fourth-order valence-corrected chi connectivity index (χ4v) is 1.86. The smallest absolute Gasteiger partial charge is 0.414 e. The van der Waals surface area contributed by atoms with Gasteiger partial charge in [0, 0.05) is 12.7 Å². The lowest BCUT2D eigenvalue weighted by Gasteiger charge is -2.19. The van der Waals surface area contributed by atoms with Crippen LogP contribution in [-0.4, -0.2) is 59.3 Å². The van der Waals surface area contributed by atoms with E-state index >= 15 is 0 Å². The molecule has 134 valence electrons. The van der Waals surface area contributed by atoms with Crippen LogP contribution in [-0.2, 0) is 14.3 Å². The first-order valence-corrected chi connectivity index (χ1v) is 7.60. The van der Waals surface area contributed by atoms with E-state index in [4.69, 9.17) is 24.5 Å². The summed E-state index contributed by atoms with van der Waals surface area (Å²) in [6.45, 7) is 1.58. The molecule has 2 aromatic rings. The summed E-state index contributed by atoms with van der Waals surface area (Å²) in [7, 11) is 4.09. The average Bonchev–Trinajstić information content (AvgIpc) is 2.60. The van der Waals surface area contributed by atoms with Gasteiger partial charge in [-0.2, -0.15) is 0 Å². The van der Waals surface area contributed by atoms with E-state index in [0.29, 0.717) is 6.61 Å². The molecule has 0 radical (unpaired) electrons. The maximum atomic E-state index is 9.10. The second-order valence-electron chi connectivity index (χ2n) is 5.33. The molecule has 1 aromatic heterocycles. The van der Waals surface area contributed by atoms with E-state index < -0.39 is 11.9 Å². The fraction of sp³-hybridized carbons (Fsp3) is 0.278. The van der Waals surface area contributed by atoms with Crippen molar-refractivity contribution in [3.63, 3.8) is 0 Å². The first-order valence-electron chi connectivity index (χ1n) is 7.60. The van der Waals surface area contributed by atoms with E-state index in [2.05, 4.69) is 22.0 Å². The van der Waals surface area contributed by atoms with E-state index in [0.717, 1.165) is 17.8 Å². The number of benzene rings is 1. The third-order valence-corrected chi connectivity index (χ3v) is 3.06. The predicted molar refractivity (Wildman–Crippen MR) is 92.3 cm³/mol. The molecule has 1 atom stereocenters. The van der Waals surface area contributed by atoms with Crippen molar-refractivity contribution in [3.05, 3.63) is 66.0 Å². The number of rotatable bonds is 6. The van der Waals surface area contributed by atoms with Gasteiger partial charge in [0.05, 0.1) is 12.3 Å². The fourth-order valence-electron chi connectivity index (χ4n) is 1.86. The van der Waals surface area contributed by atoms with Gasteiger partial charge in [0.25, 0.3) is 0 Å². The molecule has 0 fully saturated rings. The molecule has 0 saturated carbocycles. The molecule has 0 bridgehead atoms. The van der Waals surface area contributed by atoms with E-state index in [9.17, 15) is 0 Å². The molecule has 0 aliphatic heterocycles.